The standard InChI is InChI=1S/C15H22FNO4S2/c1-4-11(3)17-14-8-22(18,19)9-15(14)23(20,21)12-5-6-13(16)10(2)7-12/h5-7,11,14-15,17H,4,8-9H2,1-3H3/t11?,14-,15-/m0/s1. The zero-order valence-corrected chi connectivity index (χ0v) is 15.0. The Morgan fingerprint density at radius 2 is 2.00 bits per heavy atom. The van der Waals surface area contributed by atoms with Gasteiger partial charge in [-0.15, -0.1) is 0 Å². The molecule has 0 bridgehead atoms. The van der Waals surface area contributed by atoms with Crippen LogP contribution in [0, 0.1) is 12.7 Å². The number of halogens is 1. The quantitative estimate of drug-likeness (QED) is 0.801. The third kappa shape index (κ3) is 3.92. The van der Waals surface area contributed by atoms with E-state index in [0.717, 1.165) is 12.5 Å². The fourth-order valence-electron chi connectivity index (χ4n) is 2.73. The van der Waals surface area contributed by atoms with Crippen molar-refractivity contribution in [3.8, 4) is 0 Å². The Labute approximate surface area is 137 Å². The van der Waals surface area contributed by atoms with Gasteiger partial charge in [-0.25, -0.2) is 21.2 Å². The largest absolute Gasteiger partial charge is 0.309 e. The molecule has 0 spiro atoms. The van der Waals surface area contributed by atoms with Gasteiger partial charge in [0.1, 0.15) is 5.82 Å². The van der Waals surface area contributed by atoms with E-state index in [1.54, 1.807) is 0 Å². The lowest BCUT2D eigenvalue weighted by Gasteiger charge is -2.23. The van der Waals surface area contributed by atoms with Crippen molar-refractivity contribution in [2.24, 2.45) is 0 Å². The average molecular weight is 363 g/mol. The first-order valence-corrected chi connectivity index (χ1v) is 10.9. The zero-order chi connectivity index (χ0) is 17.4. The summed E-state index contributed by atoms with van der Waals surface area (Å²) >= 11 is 0. The molecule has 1 aromatic rings. The lowest BCUT2D eigenvalue weighted by Crippen LogP contribution is -2.46. The predicted molar refractivity (Wildman–Crippen MR) is 87.4 cm³/mol. The molecule has 1 aliphatic heterocycles. The maximum Gasteiger partial charge on any atom is 0.183 e. The minimum atomic E-state index is -3.86. The minimum absolute atomic E-state index is 0.0148. The number of aryl methyl sites for hydroxylation is 1. The van der Waals surface area contributed by atoms with E-state index >= 15 is 0 Å². The third-order valence-electron chi connectivity index (χ3n) is 4.27. The molecule has 1 aromatic carbocycles. The molecular formula is C15H22FNO4S2. The van der Waals surface area contributed by atoms with Crippen molar-refractivity contribution in [2.75, 3.05) is 11.5 Å². The summed E-state index contributed by atoms with van der Waals surface area (Å²) in [7, 11) is -7.28. The zero-order valence-electron chi connectivity index (χ0n) is 13.4. The van der Waals surface area contributed by atoms with Crippen LogP contribution in [0.15, 0.2) is 23.1 Å². The lowest BCUT2D eigenvalue weighted by molar-refractivity contribution is 0.456. The normalized spacial score (nSPS) is 25.4. The number of hydrogen-bond donors (Lipinski definition) is 1. The monoisotopic (exact) mass is 363 g/mol. The molecule has 2 rings (SSSR count). The van der Waals surface area contributed by atoms with Gasteiger partial charge >= 0.3 is 0 Å². The molecule has 5 nitrogen and oxygen atoms in total. The van der Waals surface area contributed by atoms with E-state index in [1.807, 2.05) is 13.8 Å². The van der Waals surface area contributed by atoms with Gasteiger partial charge in [0.15, 0.2) is 19.7 Å². The van der Waals surface area contributed by atoms with Gasteiger partial charge in [0.25, 0.3) is 0 Å². The fourth-order valence-corrected chi connectivity index (χ4v) is 7.49. The van der Waals surface area contributed by atoms with Crippen LogP contribution < -0.4 is 5.32 Å². The highest BCUT2D eigenvalue weighted by Crippen LogP contribution is 2.27. The van der Waals surface area contributed by atoms with Gasteiger partial charge in [-0.05, 0) is 44.0 Å². The molecule has 23 heavy (non-hydrogen) atoms. The smallest absolute Gasteiger partial charge is 0.183 e. The molecular weight excluding hydrogens is 341 g/mol. The van der Waals surface area contributed by atoms with Crippen LogP contribution in [-0.2, 0) is 19.7 Å². The second-order valence-corrected chi connectivity index (χ2v) is 10.5. The molecule has 130 valence electrons. The number of hydrogen-bond acceptors (Lipinski definition) is 5. The van der Waals surface area contributed by atoms with E-state index < -0.39 is 42.5 Å². The molecule has 1 N–H and O–H groups in total. The van der Waals surface area contributed by atoms with Crippen LogP contribution in [-0.4, -0.2) is 45.7 Å². The molecule has 1 heterocycles. The van der Waals surface area contributed by atoms with E-state index in [1.165, 1.54) is 19.1 Å². The first kappa shape index (κ1) is 18.4. The van der Waals surface area contributed by atoms with E-state index in [0.29, 0.717) is 0 Å². The summed E-state index contributed by atoms with van der Waals surface area (Å²) in [6, 6.07) is 2.92. The van der Waals surface area contributed by atoms with E-state index in [9.17, 15) is 21.2 Å². The van der Waals surface area contributed by atoms with Crippen LogP contribution in [0.4, 0.5) is 4.39 Å². The Hall–Kier alpha value is -0.990. The maximum absolute atomic E-state index is 13.4. The van der Waals surface area contributed by atoms with Gasteiger partial charge in [0, 0.05) is 12.1 Å². The second kappa shape index (κ2) is 6.49. The summed E-state index contributed by atoms with van der Waals surface area (Å²) in [5.41, 5.74) is 0.221. The van der Waals surface area contributed by atoms with Crippen molar-refractivity contribution >= 4 is 19.7 Å². The van der Waals surface area contributed by atoms with E-state index in [-0.39, 0.29) is 22.3 Å². The molecule has 0 amide bonds. The molecule has 0 aliphatic carbocycles. The molecule has 1 saturated heterocycles. The van der Waals surface area contributed by atoms with Gasteiger partial charge in [0.05, 0.1) is 21.7 Å². The van der Waals surface area contributed by atoms with E-state index in [4.69, 9.17) is 0 Å². The van der Waals surface area contributed by atoms with Crippen molar-refractivity contribution in [1.82, 2.24) is 5.32 Å². The Kier molecular flexibility index (Phi) is 5.18. The van der Waals surface area contributed by atoms with Gasteiger partial charge in [0.2, 0.25) is 0 Å². The van der Waals surface area contributed by atoms with Gasteiger partial charge in [-0.2, -0.15) is 0 Å². The summed E-state index contributed by atoms with van der Waals surface area (Å²) in [4.78, 5) is -0.0329. The molecule has 1 aliphatic rings. The number of nitrogens with one attached hydrogen (secondary N) is 1. The summed E-state index contributed by atoms with van der Waals surface area (Å²) in [6.07, 6.45) is 0.763. The second-order valence-electron chi connectivity index (χ2n) is 6.15. The Balaban J connectivity index is 2.40. The Morgan fingerprint density at radius 3 is 2.57 bits per heavy atom. The molecule has 3 atom stereocenters. The third-order valence-corrected chi connectivity index (χ3v) is 8.42. The van der Waals surface area contributed by atoms with Crippen LogP contribution >= 0.6 is 0 Å². The van der Waals surface area contributed by atoms with E-state index in [2.05, 4.69) is 5.32 Å². The number of sulfone groups is 2. The molecule has 8 heteroatoms. The van der Waals surface area contributed by atoms with Crippen LogP contribution in [0.5, 0.6) is 0 Å². The molecule has 0 saturated carbocycles. The highest BCUT2D eigenvalue weighted by molar-refractivity contribution is 7.96. The Bertz CT molecular complexity index is 790. The predicted octanol–water partition coefficient (Wildman–Crippen LogP) is 1.46. The van der Waals surface area contributed by atoms with Crippen molar-refractivity contribution in [1.29, 1.82) is 0 Å². The Morgan fingerprint density at radius 1 is 1.35 bits per heavy atom. The minimum Gasteiger partial charge on any atom is -0.309 e. The van der Waals surface area contributed by atoms with Crippen molar-refractivity contribution in [3.05, 3.63) is 29.6 Å². The lowest BCUT2D eigenvalue weighted by atomic mass is 10.2. The van der Waals surface area contributed by atoms with Crippen molar-refractivity contribution < 1.29 is 21.2 Å². The molecule has 0 aromatic heterocycles. The SMILES string of the molecule is CCC(C)N[C@H]1CS(=O)(=O)C[C@@H]1S(=O)(=O)c1ccc(F)c(C)c1. The van der Waals surface area contributed by atoms with Crippen LogP contribution in [0.2, 0.25) is 0 Å². The van der Waals surface area contributed by atoms with Crippen molar-refractivity contribution in [3.63, 3.8) is 0 Å². The van der Waals surface area contributed by atoms with Gasteiger partial charge < -0.3 is 5.32 Å². The van der Waals surface area contributed by atoms with Gasteiger partial charge in [-0.3, -0.25) is 0 Å². The van der Waals surface area contributed by atoms with Gasteiger partial charge in [-0.1, -0.05) is 6.92 Å². The highest BCUT2D eigenvalue weighted by Gasteiger charge is 2.46. The average Bonchev–Trinajstić information content (AvgIpc) is 2.77. The molecule has 1 fully saturated rings. The number of rotatable bonds is 5. The molecule has 0 radical (unpaired) electrons. The highest BCUT2D eigenvalue weighted by atomic mass is 32.2. The maximum atomic E-state index is 13.4. The topological polar surface area (TPSA) is 80.3 Å². The summed E-state index contributed by atoms with van der Waals surface area (Å²) in [5, 5.41) is 2.05. The van der Waals surface area contributed by atoms with Crippen LogP contribution in [0.3, 0.4) is 0 Å². The number of benzene rings is 1. The summed E-state index contributed by atoms with van der Waals surface area (Å²) in [6.45, 7) is 5.30. The first-order valence-electron chi connectivity index (χ1n) is 7.53. The summed E-state index contributed by atoms with van der Waals surface area (Å²) in [5.74, 6) is -1.08. The van der Waals surface area contributed by atoms with Crippen molar-refractivity contribution in [2.45, 2.75) is 49.4 Å². The fraction of sp³-hybridized carbons (Fsp3) is 0.600. The molecule has 1 unspecified atom stereocenters. The summed E-state index contributed by atoms with van der Waals surface area (Å²) < 4.78 is 63.0. The van der Waals surface area contributed by atoms with Crippen LogP contribution in [0.1, 0.15) is 25.8 Å². The first-order chi connectivity index (χ1) is 10.6. The van der Waals surface area contributed by atoms with Crippen LogP contribution in [0.25, 0.3) is 0 Å².